The van der Waals surface area contributed by atoms with E-state index in [2.05, 4.69) is 58.1 Å². The largest absolute Gasteiger partial charge is 0.416 e. The lowest BCUT2D eigenvalue weighted by Crippen LogP contribution is -2.43. The first kappa shape index (κ1) is 26.0. The molecule has 32 heavy (non-hydrogen) atoms. The summed E-state index contributed by atoms with van der Waals surface area (Å²) in [6.07, 6.45) is -6.76. The van der Waals surface area contributed by atoms with Crippen molar-refractivity contribution in [2.75, 3.05) is 0 Å². The molecule has 0 saturated carbocycles. The van der Waals surface area contributed by atoms with Gasteiger partial charge in [-0.2, -0.15) is 31.4 Å². The lowest BCUT2D eigenvalue weighted by Gasteiger charge is -2.50. The van der Waals surface area contributed by atoms with Crippen LogP contribution in [0.1, 0.15) is 63.8 Å². The number of hydrogen-bond acceptors (Lipinski definition) is 1. The van der Waals surface area contributed by atoms with Gasteiger partial charge in [-0.15, -0.1) is 22.5 Å². The molecule has 0 aliphatic carbocycles. The number of aromatic nitrogens is 2. The molecule has 0 spiro atoms. The number of halogens is 6. The highest BCUT2D eigenvalue weighted by molar-refractivity contribution is 6.90. The average Bonchev–Trinajstić information content (AvgIpc) is 3.07. The molecule has 0 radical (unpaired) electrons. The summed E-state index contributed by atoms with van der Waals surface area (Å²) in [5, 5.41) is 4.08. The van der Waals surface area contributed by atoms with Gasteiger partial charge in [0.05, 0.1) is 29.4 Å². The first-order valence-corrected chi connectivity index (χ1v) is 12.6. The summed E-state index contributed by atoms with van der Waals surface area (Å²) in [7, 11) is -1.99. The van der Waals surface area contributed by atoms with Crippen molar-refractivity contribution in [1.29, 1.82) is 0 Å². The van der Waals surface area contributed by atoms with E-state index < -0.39 is 31.6 Å². The molecule has 0 bridgehead atoms. The van der Waals surface area contributed by atoms with E-state index in [9.17, 15) is 26.3 Å². The average molecular weight is 475 g/mol. The van der Waals surface area contributed by atoms with E-state index in [-0.39, 0.29) is 18.2 Å². The van der Waals surface area contributed by atoms with Gasteiger partial charge in [0, 0.05) is 6.20 Å². The maximum absolute atomic E-state index is 13.4. The van der Waals surface area contributed by atoms with Gasteiger partial charge in [-0.1, -0.05) is 55.7 Å². The van der Waals surface area contributed by atoms with Gasteiger partial charge in [-0.3, -0.25) is 10.2 Å². The molecule has 2 aromatic rings. The van der Waals surface area contributed by atoms with Gasteiger partial charge in [-0.25, -0.2) is 0 Å². The van der Waals surface area contributed by atoms with Crippen LogP contribution >= 0.6 is 0 Å². The molecular weight excluding hydrogens is 446 g/mol. The molecule has 0 atom stereocenters. The topological polar surface area (TPSA) is 17.8 Å². The molecule has 0 amide bonds. The molecule has 0 N–H and O–H groups in total. The Labute approximate surface area is 186 Å². The van der Waals surface area contributed by atoms with Gasteiger partial charge in [0.2, 0.25) is 0 Å². The summed E-state index contributed by atoms with van der Waals surface area (Å²) in [5.41, 5.74) is 2.41. The highest BCUT2D eigenvalue weighted by Gasteiger charge is 2.38. The summed E-state index contributed by atoms with van der Waals surface area (Å²) < 4.78 is 80.1. The van der Waals surface area contributed by atoms with Crippen molar-refractivity contribution in [3.8, 4) is 11.5 Å². The Balaban J connectivity index is 2.39. The number of alkyl halides is 6. The highest BCUT2D eigenvalue weighted by atomic mass is 28.3. The monoisotopic (exact) mass is 474 g/mol. The summed E-state index contributed by atoms with van der Waals surface area (Å²) in [4.78, 5) is 0. The molecular formula is C23H28F6N2Si-. The Hall–Kier alpha value is -2.21. The van der Waals surface area contributed by atoms with Crippen molar-refractivity contribution in [1.82, 2.24) is 9.78 Å². The second-order valence-corrected chi connectivity index (χ2v) is 14.5. The molecule has 177 valence electrons. The predicted molar refractivity (Wildman–Crippen MR) is 116 cm³/mol. The standard InChI is InChI=1S/C23H28F6N2Si/c1-15(2)32(16(3)4,17(5)6)10-9-18-12-30-31(13-18)14-19-7-8-20(22(24,25)26)11-21(19)23(27,28)29/h7-8,11-13,15-17H,14H2,1-6H3/q-1. The van der Waals surface area contributed by atoms with Crippen LogP contribution in [-0.2, 0) is 18.9 Å². The third kappa shape index (κ3) is 5.58. The second-order valence-electron chi connectivity index (χ2n) is 8.94. The van der Waals surface area contributed by atoms with Gasteiger partial charge in [0.15, 0.2) is 0 Å². The van der Waals surface area contributed by atoms with E-state index in [1.807, 2.05) is 0 Å². The molecule has 0 aliphatic rings. The molecule has 0 unspecified atom stereocenters. The van der Waals surface area contributed by atoms with Crippen LogP contribution in [0.15, 0.2) is 30.6 Å². The molecule has 1 heterocycles. The predicted octanol–water partition coefficient (Wildman–Crippen LogP) is 7.54. The third-order valence-electron chi connectivity index (χ3n) is 6.00. The van der Waals surface area contributed by atoms with Crippen molar-refractivity contribution >= 4 is 8.07 Å². The Kier molecular flexibility index (Phi) is 7.60. The normalized spacial score (nSPS) is 13.1. The Morgan fingerprint density at radius 2 is 1.47 bits per heavy atom. The van der Waals surface area contributed by atoms with Crippen LogP contribution in [0.4, 0.5) is 26.3 Å². The Bertz CT molecular complexity index is 969. The molecule has 0 saturated heterocycles. The van der Waals surface area contributed by atoms with Gasteiger partial charge in [-0.05, 0) is 17.7 Å². The third-order valence-corrected chi connectivity index (χ3v) is 12.3. The summed E-state index contributed by atoms with van der Waals surface area (Å²) in [5.74, 6) is 3.17. The zero-order chi connectivity index (χ0) is 24.5. The Morgan fingerprint density at radius 3 is 1.94 bits per heavy atom. The van der Waals surface area contributed by atoms with Gasteiger partial charge >= 0.3 is 12.4 Å². The van der Waals surface area contributed by atoms with Crippen LogP contribution in [0.25, 0.3) is 0 Å². The fraction of sp³-hybridized carbons (Fsp3) is 0.522. The van der Waals surface area contributed by atoms with E-state index in [4.69, 9.17) is 0 Å². The molecule has 1 aromatic heterocycles. The zero-order valence-electron chi connectivity index (χ0n) is 19.0. The number of nitrogens with zero attached hydrogens (tertiary/aromatic N) is 2. The lowest BCUT2D eigenvalue weighted by atomic mass is 10.0. The van der Waals surface area contributed by atoms with Crippen molar-refractivity contribution in [2.45, 2.75) is 77.1 Å². The van der Waals surface area contributed by atoms with Crippen LogP contribution < -0.4 is 0 Å². The van der Waals surface area contributed by atoms with E-state index in [1.54, 1.807) is 0 Å². The van der Waals surface area contributed by atoms with Gasteiger partial charge in [0.1, 0.15) is 0 Å². The van der Waals surface area contributed by atoms with E-state index >= 15 is 0 Å². The van der Waals surface area contributed by atoms with Crippen molar-refractivity contribution in [3.63, 3.8) is 0 Å². The lowest BCUT2D eigenvalue weighted by molar-refractivity contribution is -0.143. The molecule has 9 heteroatoms. The van der Waals surface area contributed by atoms with Crippen LogP contribution in [-0.4, -0.2) is 17.9 Å². The van der Waals surface area contributed by atoms with Crippen LogP contribution in [0, 0.1) is 11.5 Å². The summed E-state index contributed by atoms with van der Waals surface area (Å²) in [6, 6.07) is 1.66. The van der Waals surface area contributed by atoms with E-state index in [0.29, 0.717) is 28.3 Å². The fourth-order valence-corrected chi connectivity index (χ4v) is 9.68. The zero-order valence-corrected chi connectivity index (χ0v) is 20.0. The first-order valence-electron chi connectivity index (χ1n) is 10.4. The van der Waals surface area contributed by atoms with Crippen LogP contribution in [0.3, 0.4) is 0 Å². The molecule has 2 nitrogen and oxygen atoms in total. The van der Waals surface area contributed by atoms with E-state index in [0.717, 1.165) is 6.07 Å². The molecule has 0 aliphatic heterocycles. The van der Waals surface area contributed by atoms with Gasteiger partial charge < -0.3 is 0 Å². The fourth-order valence-electron chi connectivity index (χ4n) is 4.46. The van der Waals surface area contributed by atoms with Crippen molar-refractivity contribution in [2.24, 2.45) is 0 Å². The number of benzene rings is 1. The minimum Gasteiger partial charge on any atom is -0.278 e. The van der Waals surface area contributed by atoms with Gasteiger partial charge in [0.25, 0.3) is 0 Å². The minimum atomic E-state index is -4.91. The Morgan fingerprint density at radius 1 is 0.906 bits per heavy atom. The van der Waals surface area contributed by atoms with Crippen molar-refractivity contribution in [3.05, 3.63) is 52.8 Å². The summed E-state index contributed by atoms with van der Waals surface area (Å²) in [6.45, 7) is 12.7. The number of rotatable bonds is 5. The molecule has 1 aromatic carbocycles. The highest BCUT2D eigenvalue weighted by Crippen LogP contribution is 2.41. The smallest absolute Gasteiger partial charge is 0.278 e. The van der Waals surface area contributed by atoms with Crippen LogP contribution in [0.2, 0.25) is 16.6 Å². The summed E-state index contributed by atoms with van der Waals surface area (Å²) >= 11 is 0. The minimum absolute atomic E-state index is 0.146. The maximum atomic E-state index is 13.4. The SMILES string of the molecule is CC(C)[Si-](C#Cc1cnn(Cc2ccc(C(F)(F)F)cc2C(F)(F)F)c1)(C(C)C)C(C)C. The molecule has 0 fully saturated rings. The second kappa shape index (κ2) is 9.34. The van der Waals surface area contributed by atoms with Crippen LogP contribution in [0.5, 0.6) is 0 Å². The first-order chi connectivity index (χ1) is 14.6. The quantitative estimate of drug-likeness (QED) is 0.249. The van der Waals surface area contributed by atoms with E-state index in [1.165, 1.54) is 17.1 Å². The van der Waals surface area contributed by atoms with Crippen molar-refractivity contribution < 1.29 is 26.3 Å². The number of hydrogen-bond donors (Lipinski definition) is 0. The maximum Gasteiger partial charge on any atom is 0.416 e. The molecule has 2 rings (SSSR count).